The maximum atomic E-state index is 14.8. The molecule has 0 aliphatic carbocycles. The lowest BCUT2D eigenvalue weighted by Gasteiger charge is -2.39. The van der Waals surface area contributed by atoms with E-state index in [4.69, 9.17) is 9.47 Å². The number of nitrogens with one attached hydrogen (secondary N) is 1. The number of benzene rings is 3. The number of Topliss-reactive ketones (excluding diaryl/α,β-unsaturated/α-hetero) is 2. The van der Waals surface area contributed by atoms with Gasteiger partial charge in [-0.15, -0.1) is 0 Å². The van der Waals surface area contributed by atoms with E-state index in [9.17, 15) is 14.4 Å². The Morgan fingerprint density at radius 1 is 0.974 bits per heavy atom. The zero-order valence-electron chi connectivity index (χ0n) is 22.6. The molecule has 1 N–H and O–H groups in total. The summed E-state index contributed by atoms with van der Waals surface area (Å²) in [4.78, 5) is 44.7. The summed E-state index contributed by atoms with van der Waals surface area (Å²) in [5.74, 6) is -1.00. The summed E-state index contributed by atoms with van der Waals surface area (Å²) in [5, 5.41) is 3.04. The van der Waals surface area contributed by atoms with Crippen molar-refractivity contribution in [3.05, 3.63) is 89.0 Å². The minimum absolute atomic E-state index is 0.186. The Balaban J connectivity index is 1.68. The minimum Gasteiger partial charge on any atom is -0.497 e. The van der Waals surface area contributed by atoms with Crippen LogP contribution in [0, 0.1) is 12.8 Å². The Morgan fingerprint density at radius 2 is 1.74 bits per heavy atom. The molecule has 4 unspecified atom stereocenters. The van der Waals surface area contributed by atoms with Crippen LogP contribution in [0.25, 0.3) is 5.57 Å². The van der Waals surface area contributed by atoms with Crippen molar-refractivity contribution < 1.29 is 23.9 Å². The molecule has 3 heterocycles. The van der Waals surface area contributed by atoms with Gasteiger partial charge in [0.05, 0.1) is 37.8 Å². The van der Waals surface area contributed by atoms with Crippen molar-refractivity contribution in [2.45, 2.75) is 38.3 Å². The summed E-state index contributed by atoms with van der Waals surface area (Å²) in [7, 11) is 3.02. The van der Waals surface area contributed by atoms with E-state index in [1.807, 2.05) is 55.1 Å². The number of rotatable bonds is 5. The third-order valence-corrected chi connectivity index (χ3v) is 8.50. The van der Waals surface area contributed by atoms with Gasteiger partial charge >= 0.3 is 0 Å². The molecule has 1 amide bonds. The summed E-state index contributed by atoms with van der Waals surface area (Å²) >= 11 is 0. The van der Waals surface area contributed by atoms with E-state index in [0.717, 1.165) is 22.4 Å². The van der Waals surface area contributed by atoms with Crippen LogP contribution in [0.4, 0.5) is 11.4 Å². The Bertz CT molecular complexity index is 1590. The van der Waals surface area contributed by atoms with Gasteiger partial charge in [-0.2, -0.15) is 0 Å². The standard InChI is InChI=1S/C32H30N2O5/c1-17-10-12-25-21(14-17)18(2)15-27-32(23-8-6-7-9-24(23)33-31(32)37)28(29(19(3)35)34(25)27)30(36)22-16-20(38-4)11-13-26(22)39-5/h6-16,27-29H,1-5H3,(H,33,37). The number of nitrogens with zero attached hydrogens (tertiary/aromatic N) is 1. The first-order valence-corrected chi connectivity index (χ1v) is 13.0. The van der Waals surface area contributed by atoms with Crippen molar-refractivity contribution in [3.8, 4) is 11.5 Å². The molecule has 3 aromatic rings. The van der Waals surface area contributed by atoms with E-state index in [2.05, 4.69) is 17.5 Å². The molecule has 3 aliphatic heterocycles. The largest absolute Gasteiger partial charge is 0.497 e. The molecule has 0 bridgehead atoms. The number of carbonyl (C=O) groups excluding carboxylic acids is 3. The van der Waals surface area contributed by atoms with E-state index in [1.54, 1.807) is 18.2 Å². The predicted molar refractivity (Wildman–Crippen MR) is 150 cm³/mol. The van der Waals surface area contributed by atoms with Gasteiger partial charge in [-0.05, 0) is 68.3 Å². The van der Waals surface area contributed by atoms with Crippen molar-refractivity contribution in [2.75, 3.05) is 24.4 Å². The summed E-state index contributed by atoms with van der Waals surface area (Å²) in [5.41, 5.74) is 4.22. The van der Waals surface area contributed by atoms with Gasteiger partial charge in [0.2, 0.25) is 5.91 Å². The van der Waals surface area contributed by atoms with Crippen LogP contribution in [0.15, 0.2) is 66.7 Å². The van der Waals surface area contributed by atoms with Gasteiger partial charge in [-0.3, -0.25) is 14.4 Å². The van der Waals surface area contributed by atoms with Crippen molar-refractivity contribution in [1.29, 1.82) is 0 Å². The molecule has 3 aliphatic rings. The van der Waals surface area contributed by atoms with Crippen LogP contribution in [0.5, 0.6) is 11.5 Å². The number of para-hydroxylation sites is 1. The van der Waals surface area contributed by atoms with Gasteiger partial charge in [0.1, 0.15) is 16.9 Å². The number of hydrogen-bond donors (Lipinski definition) is 1. The molecule has 0 aromatic heterocycles. The van der Waals surface area contributed by atoms with Crippen molar-refractivity contribution in [1.82, 2.24) is 0 Å². The highest BCUT2D eigenvalue weighted by Gasteiger charge is 2.70. The van der Waals surface area contributed by atoms with Crippen LogP contribution < -0.4 is 19.7 Å². The SMILES string of the molecule is COc1ccc(OC)c(C(=O)C2C(C(C)=O)N3c4ccc(C)cc4C(C)=CC3C23C(=O)Nc2ccccc23)c1. The van der Waals surface area contributed by atoms with Crippen molar-refractivity contribution in [3.63, 3.8) is 0 Å². The molecule has 1 spiro atoms. The fourth-order valence-corrected chi connectivity index (χ4v) is 6.87. The molecule has 1 fully saturated rings. The second kappa shape index (κ2) is 8.83. The lowest BCUT2D eigenvalue weighted by molar-refractivity contribution is -0.122. The molecule has 0 saturated carbocycles. The van der Waals surface area contributed by atoms with Gasteiger partial charge in [0, 0.05) is 16.9 Å². The molecule has 39 heavy (non-hydrogen) atoms. The Kier molecular flexibility index (Phi) is 5.64. The number of allylic oxidation sites excluding steroid dienone is 1. The molecule has 0 radical (unpaired) electrons. The van der Waals surface area contributed by atoms with E-state index in [-0.39, 0.29) is 23.0 Å². The molecule has 7 heteroatoms. The van der Waals surface area contributed by atoms with Gasteiger partial charge in [-0.25, -0.2) is 0 Å². The van der Waals surface area contributed by atoms with E-state index < -0.39 is 23.4 Å². The summed E-state index contributed by atoms with van der Waals surface area (Å²) in [6, 6.07) is 17.1. The van der Waals surface area contributed by atoms with Gasteiger partial charge in [0.15, 0.2) is 11.6 Å². The number of ether oxygens (including phenoxy) is 2. The molecular weight excluding hydrogens is 492 g/mol. The van der Waals surface area contributed by atoms with Crippen LogP contribution >= 0.6 is 0 Å². The topological polar surface area (TPSA) is 84.9 Å². The maximum Gasteiger partial charge on any atom is 0.238 e. The fourth-order valence-electron chi connectivity index (χ4n) is 6.87. The van der Waals surface area contributed by atoms with E-state index in [0.29, 0.717) is 22.7 Å². The number of anilines is 2. The molecule has 3 aromatic carbocycles. The van der Waals surface area contributed by atoms with Crippen LogP contribution in [-0.2, 0) is 15.0 Å². The number of amides is 1. The number of aryl methyl sites for hydroxylation is 1. The number of hydrogen-bond acceptors (Lipinski definition) is 6. The average molecular weight is 523 g/mol. The normalized spacial score (nSPS) is 24.4. The van der Waals surface area contributed by atoms with Crippen molar-refractivity contribution >= 4 is 34.4 Å². The number of ketones is 2. The highest BCUT2D eigenvalue weighted by Crippen LogP contribution is 2.58. The summed E-state index contributed by atoms with van der Waals surface area (Å²) < 4.78 is 11.0. The third-order valence-electron chi connectivity index (χ3n) is 8.50. The molecule has 6 rings (SSSR count). The Morgan fingerprint density at radius 3 is 2.46 bits per heavy atom. The number of fused-ring (bicyclic) bond motifs is 6. The first-order valence-electron chi connectivity index (χ1n) is 13.0. The van der Waals surface area contributed by atoms with Crippen LogP contribution in [0.1, 0.15) is 40.9 Å². The van der Waals surface area contributed by atoms with Crippen molar-refractivity contribution in [2.24, 2.45) is 5.92 Å². The first kappa shape index (κ1) is 24.9. The predicted octanol–water partition coefficient (Wildman–Crippen LogP) is 4.96. The molecule has 1 saturated heterocycles. The Hall–Kier alpha value is -4.39. The summed E-state index contributed by atoms with van der Waals surface area (Å²) in [6.45, 7) is 5.54. The average Bonchev–Trinajstić information content (AvgIpc) is 3.40. The second-order valence-electron chi connectivity index (χ2n) is 10.6. The molecule has 198 valence electrons. The van der Waals surface area contributed by atoms with E-state index in [1.165, 1.54) is 21.1 Å². The van der Waals surface area contributed by atoms with Crippen LogP contribution in [0.3, 0.4) is 0 Å². The second-order valence-corrected chi connectivity index (χ2v) is 10.6. The number of methoxy groups -OCH3 is 2. The maximum absolute atomic E-state index is 14.8. The lowest BCUT2D eigenvalue weighted by atomic mass is 9.64. The molecule has 7 nitrogen and oxygen atoms in total. The first-order chi connectivity index (χ1) is 18.7. The highest BCUT2D eigenvalue weighted by atomic mass is 16.5. The van der Waals surface area contributed by atoms with Gasteiger partial charge in [-0.1, -0.05) is 35.9 Å². The van der Waals surface area contributed by atoms with Gasteiger partial charge < -0.3 is 19.7 Å². The lowest BCUT2D eigenvalue weighted by Crippen LogP contribution is -2.51. The zero-order valence-corrected chi connectivity index (χ0v) is 22.6. The third kappa shape index (κ3) is 3.32. The quantitative estimate of drug-likeness (QED) is 0.477. The summed E-state index contributed by atoms with van der Waals surface area (Å²) in [6.07, 6.45) is 2.05. The minimum atomic E-state index is -1.35. The molecule has 4 atom stereocenters. The molecular formula is C32H30N2O5. The fraction of sp³-hybridized carbons (Fsp3) is 0.281. The number of carbonyl (C=O) groups is 3. The van der Waals surface area contributed by atoms with E-state index >= 15 is 0 Å². The Labute approximate surface area is 227 Å². The van der Waals surface area contributed by atoms with Crippen LogP contribution in [-0.4, -0.2) is 43.8 Å². The smallest absolute Gasteiger partial charge is 0.238 e. The monoisotopic (exact) mass is 522 g/mol. The van der Waals surface area contributed by atoms with Gasteiger partial charge in [0.25, 0.3) is 0 Å². The highest BCUT2D eigenvalue weighted by molar-refractivity contribution is 6.17. The van der Waals surface area contributed by atoms with Crippen LogP contribution in [0.2, 0.25) is 0 Å². The zero-order chi connectivity index (χ0) is 27.6.